The Kier molecular flexibility index (Phi) is 4.29. The average molecular weight is 318 g/mol. The van der Waals surface area contributed by atoms with Crippen LogP contribution in [-0.2, 0) is 11.2 Å². The number of likely N-dealkylation sites (tertiary alicyclic amines) is 1. The molecule has 0 aromatic carbocycles. The van der Waals surface area contributed by atoms with Crippen LogP contribution in [0.2, 0.25) is 0 Å². The van der Waals surface area contributed by atoms with Crippen LogP contribution >= 0.6 is 11.3 Å². The van der Waals surface area contributed by atoms with Crippen LogP contribution in [0.15, 0.2) is 5.38 Å². The molecule has 1 fully saturated rings. The summed E-state index contributed by atoms with van der Waals surface area (Å²) in [5.41, 5.74) is 4.04. The van der Waals surface area contributed by atoms with Gasteiger partial charge in [0.05, 0.1) is 17.1 Å². The molecular weight excluding hydrogens is 296 g/mol. The zero-order valence-electron chi connectivity index (χ0n) is 13.3. The van der Waals surface area contributed by atoms with Gasteiger partial charge < -0.3 is 4.90 Å². The lowest BCUT2D eigenvalue weighted by atomic mass is 9.98. The molecule has 2 aromatic rings. The first-order valence-corrected chi connectivity index (χ1v) is 8.63. The fraction of sp³-hybridized carbons (Fsp3) is 0.562. The van der Waals surface area contributed by atoms with E-state index in [-0.39, 0.29) is 5.91 Å². The minimum Gasteiger partial charge on any atom is -0.342 e. The highest BCUT2D eigenvalue weighted by Gasteiger charge is 2.27. The van der Waals surface area contributed by atoms with Gasteiger partial charge in [-0.1, -0.05) is 0 Å². The molecule has 0 bridgehead atoms. The second kappa shape index (κ2) is 6.20. The third-order valence-corrected chi connectivity index (χ3v) is 5.49. The van der Waals surface area contributed by atoms with Gasteiger partial charge in [-0.2, -0.15) is 5.10 Å². The summed E-state index contributed by atoms with van der Waals surface area (Å²) in [5, 5.41) is 10.4. The molecule has 1 N–H and O–H groups in total. The lowest BCUT2D eigenvalue weighted by Crippen LogP contribution is -2.40. The fourth-order valence-corrected chi connectivity index (χ4v) is 3.99. The molecule has 6 heteroatoms. The van der Waals surface area contributed by atoms with E-state index in [1.807, 2.05) is 25.7 Å². The number of carbonyl (C=O) groups excluding carboxylic acids is 1. The molecule has 3 heterocycles. The number of aryl methyl sites for hydroxylation is 3. The minimum atomic E-state index is 0.200. The van der Waals surface area contributed by atoms with Crippen LogP contribution < -0.4 is 0 Å². The van der Waals surface area contributed by atoms with Gasteiger partial charge in [0.2, 0.25) is 5.91 Å². The Morgan fingerprint density at radius 1 is 1.45 bits per heavy atom. The second-order valence-electron chi connectivity index (χ2n) is 6.10. The molecular formula is C16H22N4OS. The quantitative estimate of drug-likeness (QED) is 0.946. The lowest BCUT2D eigenvalue weighted by molar-refractivity contribution is -0.131. The standard InChI is InChI=1S/C16H22N4OS/c1-10-9-22-16(17-10)13-5-4-6-20(8-13)15(21)7-14-11(2)18-19-12(14)3/h9,13H,4-8H2,1-3H3,(H,18,19). The van der Waals surface area contributed by atoms with E-state index in [1.54, 1.807) is 11.3 Å². The third-order valence-electron chi connectivity index (χ3n) is 4.37. The summed E-state index contributed by atoms with van der Waals surface area (Å²) in [6, 6.07) is 0. The van der Waals surface area contributed by atoms with E-state index in [4.69, 9.17) is 0 Å². The summed E-state index contributed by atoms with van der Waals surface area (Å²) in [6.45, 7) is 7.59. The van der Waals surface area contributed by atoms with E-state index in [9.17, 15) is 4.79 Å². The lowest BCUT2D eigenvalue weighted by Gasteiger charge is -2.32. The van der Waals surface area contributed by atoms with Crippen molar-refractivity contribution >= 4 is 17.2 Å². The number of nitrogens with one attached hydrogen (secondary N) is 1. The third kappa shape index (κ3) is 3.06. The Morgan fingerprint density at radius 2 is 2.27 bits per heavy atom. The van der Waals surface area contributed by atoms with Crippen molar-refractivity contribution < 1.29 is 4.79 Å². The second-order valence-corrected chi connectivity index (χ2v) is 6.99. The van der Waals surface area contributed by atoms with E-state index in [2.05, 4.69) is 20.6 Å². The highest BCUT2D eigenvalue weighted by molar-refractivity contribution is 7.09. The Labute approximate surface area is 134 Å². The summed E-state index contributed by atoms with van der Waals surface area (Å²) in [5.74, 6) is 0.591. The SMILES string of the molecule is Cc1csc(C2CCCN(C(=O)Cc3c(C)n[nH]c3C)C2)n1. The zero-order chi connectivity index (χ0) is 15.7. The number of nitrogens with zero attached hydrogens (tertiary/aromatic N) is 3. The number of hydrogen-bond donors (Lipinski definition) is 1. The molecule has 1 aliphatic heterocycles. The number of aromatic amines is 1. The molecule has 1 aliphatic rings. The number of rotatable bonds is 3. The van der Waals surface area contributed by atoms with Crippen LogP contribution in [0.25, 0.3) is 0 Å². The van der Waals surface area contributed by atoms with Gasteiger partial charge in [0.15, 0.2) is 0 Å². The van der Waals surface area contributed by atoms with Crippen molar-refractivity contribution in [3.63, 3.8) is 0 Å². The maximum absolute atomic E-state index is 12.6. The molecule has 1 amide bonds. The summed E-state index contributed by atoms with van der Waals surface area (Å²) < 4.78 is 0. The van der Waals surface area contributed by atoms with Crippen molar-refractivity contribution in [3.05, 3.63) is 33.0 Å². The number of thiazole rings is 1. The predicted octanol–water partition coefficient (Wildman–Crippen LogP) is 2.74. The smallest absolute Gasteiger partial charge is 0.227 e. The maximum atomic E-state index is 12.6. The largest absolute Gasteiger partial charge is 0.342 e. The van der Waals surface area contributed by atoms with Gasteiger partial charge in [0.1, 0.15) is 0 Å². The molecule has 0 saturated carbocycles. The van der Waals surface area contributed by atoms with Crippen molar-refractivity contribution in [1.29, 1.82) is 0 Å². The van der Waals surface area contributed by atoms with Gasteiger partial charge in [0.25, 0.3) is 0 Å². The number of H-pyrrole nitrogens is 1. The van der Waals surface area contributed by atoms with Crippen LogP contribution in [0.4, 0.5) is 0 Å². The zero-order valence-corrected chi connectivity index (χ0v) is 14.2. The molecule has 22 heavy (non-hydrogen) atoms. The van der Waals surface area contributed by atoms with Gasteiger partial charge in [-0.25, -0.2) is 4.98 Å². The van der Waals surface area contributed by atoms with E-state index in [0.717, 1.165) is 48.6 Å². The first-order valence-electron chi connectivity index (χ1n) is 7.75. The average Bonchev–Trinajstić information content (AvgIpc) is 3.08. The van der Waals surface area contributed by atoms with Gasteiger partial charge in [-0.3, -0.25) is 9.89 Å². The number of carbonyl (C=O) groups is 1. The van der Waals surface area contributed by atoms with Crippen molar-refractivity contribution in [2.45, 2.75) is 46.0 Å². The summed E-state index contributed by atoms with van der Waals surface area (Å²) >= 11 is 1.72. The van der Waals surface area contributed by atoms with Crippen molar-refractivity contribution in [2.24, 2.45) is 0 Å². The summed E-state index contributed by atoms with van der Waals surface area (Å²) in [6.07, 6.45) is 2.62. The van der Waals surface area contributed by atoms with Crippen LogP contribution in [0.1, 0.15) is 46.4 Å². The molecule has 5 nitrogen and oxygen atoms in total. The monoisotopic (exact) mass is 318 g/mol. The molecule has 0 spiro atoms. The number of aromatic nitrogens is 3. The molecule has 118 valence electrons. The highest BCUT2D eigenvalue weighted by Crippen LogP contribution is 2.29. The number of hydrogen-bond acceptors (Lipinski definition) is 4. The van der Waals surface area contributed by atoms with Crippen LogP contribution in [-0.4, -0.2) is 39.1 Å². The first kappa shape index (κ1) is 15.2. The molecule has 1 atom stereocenters. The van der Waals surface area contributed by atoms with Gasteiger partial charge >= 0.3 is 0 Å². The Hall–Kier alpha value is -1.69. The summed E-state index contributed by atoms with van der Waals surface area (Å²) in [4.78, 5) is 19.2. The Balaban J connectivity index is 1.68. The summed E-state index contributed by atoms with van der Waals surface area (Å²) in [7, 11) is 0. The van der Waals surface area contributed by atoms with Crippen molar-refractivity contribution in [2.75, 3.05) is 13.1 Å². The van der Waals surface area contributed by atoms with Gasteiger partial charge in [-0.15, -0.1) is 11.3 Å². The minimum absolute atomic E-state index is 0.200. The fourth-order valence-electron chi connectivity index (χ4n) is 3.06. The molecule has 0 aliphatic carbocycles. The molecule has 2 aromatic heterocycles. The molecule has 0 radical (unpaired) electrons. The van der Waals surface area contributed by atoms with Crippen LogP contribution in [0.5, 0.6) is 0 Å². The first-order chi connectivity index (χ1) is 10.5. The Morgan fingerprint density at radius 3 is 2.91 bits per heavy atom. The maximum Gasteiger partial charge on any atom is 0.227 e. The number of amides is 1. The topological polar surface area (TPSA) is 61.9 Å². The molecule has 3 rings (SSSR count). The van der Waals surface area contributed by atoms with Gasteiger partial charge in [0, 0.05) is 41.3 Å². The van der Waals surface area contributed by atoms with E-state index in [0.29, 0.717) is 12.3 Å². The van der Waals surface area contributed by atoms with Crippen molar-refractivity contribution in [1.82, 2.24) is 20.1 Å². The van der Waals surface area contributed by atoms with E-state index >= 15 is 0 Å². The molecule has 1 saturated heterocycles. The van der Waals surface area contributed by atoms with Crippen LogP contribution in [0.3, 0.4) is 0 Å². The van der Waals surface area contributed by atoms with E-state index < -0.39 is 0 Å². The van der Waals surface area contributed by atoms with Crippen LogP contribution in [0, 0.1) is 20.8 Å². The predicted molar refractivity (Wildman–Crippen MR) is 87.2 cm³/mol. The highest BCUT2D eigenvalue weighted by atomic mass is 32.1. The normalized spacial score (nSPS) is 18.7. The van der Waals surface area contributed by atoms with E-state index in [1.165, 1.54) is 5.01 Å². The Bertz CT molecular complexity index is 656. The number of piperidine rings is 1. The molecule has 1 unspecified atom stereocenters. The van der Waals surface area contributed by atoms with Gasteiger partial charge in [-0.05, 0) is 33.6 Å². The van der Waals surface area contributed by atoms with Crippen molar-refractivity contribution in [3.8, 4) is 0 Å².